The lowest BCUT2D eigenvalue weighted by Crippen LogP contribution is -2.01. The van der Waals surface area contributed by atoms with E-state index in [9.17, 15) is 9.90 Å². The van der Waals surface area contributed by atoms with Crippen LogP contribution in [0.15, 0.2) is 30.3 Å². The number of nitrogens with one attached hydrogen (secondary N) is 1. The SMILES string of the molecule is Cc1ccc(C(=O)O)c2c(CCCCN)c(-c3ccc(Cl)cc3Cl)[nH]c12. The Labute approximate surface area is 161 Å². The highest BCUT2D eigenvalue weighted by molar-refractivity contribution is 6.36. The number of carboxylic acid groups (broad SMARTS) is 1. The van der Waals surface area contributed by atoms with E-state index in [0.717, 1.165) is 52.5 Å². The van der Waals surface area contributed by atoms with Crippen molar-refractivity contribution in [2.45, 2.75) is 26.2 Å². The molecule has 0 bridgehead atoms. The molecule has 0 saturated heterocycles. The molecule has 1 heterocycles. The van der Waals surface area contributed by atoms with Crippen molar-refractivity contribution in [1.29, 1.82) is 0 Å². The van der Waals surface area contributed by atoms with Crippen molar-refractivity contribution in [2.24, 2.45) is 5.73 Å². The van der Waals surface area contributed by atoms with E-state index in [1.165, 1.54) is 0 Å². The van der Waals surface area contributed by atoms with Gasteiger partial charge in [0.25, 0.3) is 0 Å². The van der Waals surface area contributed by atoms with Gasteiger partial charge in [0.2, 0.25) is 0 Å². The molecule has 136 valence electrons. The lowest BCUT2D eigenvalue weighted by molar-refractivity contribution is 0.0699. The largest absolute Gasteiger partial charge is 0.478 e. The molecule has 0 aliphatic heterocycles. The normalized spacial score (nSPS) is 11.2. The lowest BCUT2D eigenvalue weighted by Gasteiger charge is -2.08. The maximum absolute atomic E-state index is 11.8. The van der Waals surface area contributed by atoms with Gasteiger partial charge in [0.15, 0.2) is 0 Å². The third-order valence-electron chi connectivity index (χ3n) is 4.58. The van der Waals surface area contributed by atoms with E-state index >= 15 is 0 Å². The van der Waals surface area contributed by atoms with Gasteiger partial charge in [-0.1, -0.05) is 29.3 Å². The Bertz CT molecular complexity index is 980. The summed E-state index contributed by atoms with van der Waals surface area (Å²) in [4.78, 5) is 15.2. The van der Waals surface area contributed by atoms with Crippen LogP contribution < -0.4 is 5.73 Å². The molecule has 0 spiro atoms. The van der Waals surface area contributed by atoms with Crippen LogP contribution in [0.1, 0.15) is 34.3 Å². The monoisotopic (exact) mass is 390 g/mol. The minimum absolute atomic E-state index is 0.293. The zero-order chi connectivity index (χ0) is 18.8. The summed E-state index contributed by atoms with van der Waals surface area (Å²) in [7, 11) is 0. The number of rotatable bonds is 6. The smallest absolute Gasteiger partial charge is 0.336 e. The van der Waals surface area contributed by atoms with E-state index in [0.29, 0.717) is 22.2 Å². The number of benzene rings is 2. The Morgan fingerprint density at radius 2 is 1.96 bits per heavy atom. The van der Waals surface area contributed by atoms with Crippen LogP contribution in [0.3, 0.4) is 0 Å². The Balaban J connectivity index is 2.30. The van der Waals surface area contributed by atoms with Crippen LogP contribution >= 0.6 is 23.2 Å². The van der Waals surface area contributed by atoms with E-state index in [2.05, 4.69) is 4.98 Å². The van der Waals surface area contributed by atoms with Crippen LogP contribution in [0, 0.1) is 6.92 Å². The fourth-order valence-electron chi connectivity index (χ4n) is 3.30. The van der Waals surface area contributed by atoms with Crippen molar-refractivity contribution >= 4 is 40.1 Å². The van der Waals surface area contributed by atoms with Gasteiger partial charge in [-0.15, -0.1) is 0 Å². The summed E-state index contributed by atoms with van der Waals surface area (Å²) < 4.78 is 0. The minimum atomic E-state index is -0.942. The number of H-pyrrole nitrogens is 1. The lowest BCUT2D eigenvalue weighted by atomic mass is 9.96. The van der Waals surface area contributed by atoms with Crippen molar-refractivity contribution in [3.05, 3.63) is 57.1 Å². The number of nitrogens with two attached hydrogens (primary N) is 1. The standard InChI is InChI=1S/C20H20Cl2N2O2/c1-11-5-7-15(20(25)26)17-14(4-2-3-9-23)19(24-18(11)17)13-8-6-12(21)10-16(13)22/h5-8,10,24H,2-4,9,23H2,1H3,(H,25,26). The van der Waals surface area contributed by atoms with E-state index in [1.807, 2.05) is 19.1 Å². The first kappa shape index (κ1) is 18.8. The predicted molar refractivity (Wildman–Crippen MR) is 107 cm³/mol. The Hall–Kier alpha value is -2.01. The van der Waals surface area contributed by atoms with Gasteiger partial charge in [0, 0.05) is 21.5 Å². The van der Waals surface area contributed by atoms with Gasteiger partial charge < -0.3 is 15.8 Å². The maximum Gasteiger partial charge on any atom is 0.336 e. The highest BCUT2D eigenvalue weighted by Gasteiger charge is 2.21. The predicted octanol–water partition coefficient (Wildman–Crippen LogP) is 5.43. The first-order valence-corrected chi connectivity index (χ1v) is 9.22. The zero-order valence-corrected chi connectivity index (χ0v) is 15.9. The fraction of sp³-hybridized carbons (Fsp3) is 0.250. The number of carbonyl (C=O) groups is 1. The van der Waals surface area contributed by atoms with E-state index < -0.39 is 5.97 Å². The van der Waals surface area contributed by atoms with Gasteiger partial charge in [0.1, 0.15) is 0 Å². The molecule has 3 aromatic rings. The van der Waals surface area contributed by atoms with Crippen molar-refractivity contribution in [3.8, 4) is 11.3 Å². The molecule has 0 aliphatic carbocycles. The van der Waals surface area contributed by atoms with Crippen LogP contribution in [-0.2, 0) is 6.42 Å². The molecule has 6 heteroatoms. The molecular formula is C20H20Cl2N2O2. The number of aryl methyl sites for hydroxylation is 2. The minimum Gasteiger partial charge on any atom is -0.478 e. The maximum atomic E-state index is 11.8. The molecule has 0 atom stereocenters. The first-order valence-electron chi connectivity index (χ1n) is 8.47. The van der Waals surface area contributed by atoms with Crippen LogP contribution in [-0.4, -0.2) is 22.6 Å². The molecule has 0 unspecified atom stereocenters. The number of carboxylic acids is 1. The number of aromatic nitrogens is 1. The first-order chi connectivity index (χ1) is 12.4. The number of hydrogen-bond donors (Lipinski definition) is 3. The molecule has 0 fully saturated rings. The Kier molecular flexibility index (Phi) is 5.56. The van der Waals surface area contributed by atoms with Crippen molar-refractivity contribution in [2.75, 3.05) is 6.54 Å². The van der Waals surface area contributed by atoms with Crippen LogP contribution in [0.4, 0.5) is 0 Å². The number of aromatic carboxylic acids is 1. The third-order valence-corrected chi connectivity index (χ3v) is 5.13. The summed E-state index contributed by atoms with van der Waals surface area (Å²) in [6.07, 6.45) is 2.46. The van der Waals surface area contributed by atoms with Crippen molar-refractivity contribution in [3.63, 3.8) is 0 Å². The highest BCUT2D eigenvalue weighted by Crippen LogP contribution is 2.38. The average Bonchev–Trinajstić information content (AvgIpc) is 2.95. The van der Waals surface area contributed by atoms with Gasteiger partial charge in [-0.3, -0.25) is 0 Å². The summed E-state index contributed by atoms with van der Waals surface area (Å²) in [5.74, 6) is -0.942. The van der Waals surface area contributed by atoms with Gasteiger partial charge in [-0.25, -0.2) is 4.79 Å². The number of halogens is 2. The number of fused-ring (bicyclic) bond motifs is 1. The summed E-state index contributed by atoms with van der Waals surface area (Å²) in [6.45, 7) is 2.56. The van der Waals surface area contributed by atoms with Crippen molar-refractivity contribution in [1.82, 2.24) is 4.98 Å². The molecule has 2 aromatic carbocycles. The molecule has 4 N–H and O–H groups in total. The van der Waals surface area contributed by atoms with E-state index in [-0.39, 0.29) is 0 Å². The summed E-state index contributed by atoms with van der Waals surface area (Å²) in [5.41, 5.74) is 10.4. The summed E-state index contributed by atoms with van der Waals surface area (Å²) in [5, 5.41) is 11.5. The van der Waals surface area contributed by atoms with Gasteiger partial charge >= 0.3 is 5.97 Å². The number of unbranched alkanes of at least 4 members (excludes halogenated alkanes) is 1. The van der Waals surface area contributed by atoms with Crippen LogP contribution in [0.25, 0.3) is 22.2 Å². The van der Waals surface area contributed by atoms with Gasteiger partial charge in [0.05, 0.1) is 16.3 Å². The second-order valence-corrected chi connectivity index (χ2v) is 7.18. The average molecular weight is 391 g/mol. The van der Waals surface area contributed by atoms with E-state index in [1.54, 1.807) is 18.2 Å². The molecular weight excluding hydrogens is 371 g/mol. The second-order valence-electron chi connectivity index (χ2n) is 6.33. The molecule has 0 radical (unpaired) electrons. The topological polar surface area (TPSA) is 79.1 Å². The molecule has 0 aliphatic rings. The highest BCUT2D eigenvalue weighted by atomic mass is 35.5. The molecule has 26 heavy (non-hydrogen) atoms. The van der Waals surface area contributed by atoms with Crippen LogP contribution in [0.5, 0.6) is 0 Å². The van der Waals surface area contributed by atoms with E-state index in [4.69, 9.17) is 28.9 Å². The Morgan fingerprint density at radius 3 is 2.62 bits per heavy atom. The van der Waals surface area contributed by atoms with Gasteiger partial charge in [-0.2, -0.15) is 0 Å². The third kappa shape index (κ3) is 3.45. The summed E-state index contributed by atoms with van der Waals surface area (Å²) >= 11 is 12.5. The second kappa shape index (κ2) is 7.70. The summed E-state index contributed by atoms with van der Waals surface area (Å²) in [6, 6.07) is 8.81. The molecule has 1 aromatic heterocycles. The van der Waals surface area contributed by atoms with Crippen LogP contribution in [0.2, 0.25) is 10.0 Å². The Morgan fingerprint density at radius 1 is 1.19 bits per heavy atom. The molecule has 0 saturated carbocycles. The fourth-order valence-corrected chi connectivity index (χ4v) is 3.81. The molecule has 4 nitrogen and oxygen atoms in total. The quantitative estimate of drug-likeness (QED) is 0.490. The zero-order valence-electron chi connectivity index (χ0n) is 14.4. The van der Waals surface area contributed by atoms with Gasteiger partial charge in [-0.05, 0) is 68.1 Å². The molecule has 3 rings (SSSR count). The number of aromatic amines is 1. The van der Waals surface area contributed by atoms with Crippen molar-refractivity contribution < 1.29 is 9.90 Å². The molecule has 0 amide bonds. The number of hydrogen-bond acceptors (Lipinski definition) is 2.